The van der Waals surface area contributed by atoms with Crippen molar-refractivity contribution in [3.05, 3.63) is 18.2 Å². The van der Waals surface area contributed by atoms with Gasteiger partial charge in [-0.1, -0.05) is 0 Å². The van der Waals surface area contributed by atoms with Crippen molar-refractivity contribution < 1.29 is 19.4 Å². The van der Waals surface area contributed by atoms with Crippen molar-refractivity contribution in [2.45, 2.75) is 25.7 Å². The van der Waals surface area contributed by atoms with Crippen molar-refractivity contribution in [3.8, 4) is 11.5 Å². The lowest BCUT2D eigenvalue weighted by Crippen LogP contribution is -2.03. The van der Waals surface area contributed by atoms with E-state index < -0.39 is 5.97 Å². The van der Waals surface area contributed by atoms with Crippen LogP contribution in [0.1, 0.15) is 25.7 Å². The van der Waals surface area contributed by atoms with Crippen LogP contribution in [0.2, 0.25) is 0 Å². The number of hydrogen-bond acceptors (Lipinski definition) is 4. The number of benzene rings is 1. The van der Waals surface area contributed by atoms with E-state index in [0.29, 0.717) is 19.6 Å². The topological polar surface area (TPSA) is 67.8 Å². The number of carboxylic acid groups (broad SMARTS) is 1. The van der Waals surface area contributed by atoms with E-state index >= 15 is 0 Å². The molecule has 0 unspecified atom stereocenters. The third-order valence-electron chi connectivity index (χ3n) is 2.89. The van der Waals surface area contributed by atoms with E-state index in [1.165, 1.54) is 0 Å². The van der Waals surface area contributed by atoms with Crippen LogP contribution in [0.4, 0.5) is 5.69 Å². The van der Waals surface area contributed by atoms with E-state index in [1.54, 1.807) is 0 Å². The first-order valence-electron chi connectivity index (χ1n) is 6.61. The summed E-state index contributed by atoms with van der Waals surface area (Å²) in [6.07, 6.45) is 2.64. The van der Waals surface area contributed by atoms with Crippen LogP contribution in [0, 0.1) is 0 Å². The summed E-state index contributed by atoms with van der Waals surface area (Å²) >= 11 is 0. The molecular weight excluding hydrogens is 246 g/mol. The molecule has 1 aliphatic rings. The Morgan fingerprint density at radius 3 is 2.79 bits per heavy atom. The average molecular weight is 265 g/mol. The zero-order chi connectivity index (χ0) is 13.5. The van der Waals surface area contributed by atoms with E-state index in [-0.39, 0.29) is 6.42 Å². The molecule has 2 rings (SSSR count). The summed E-state index contributed by atoms with van der Waals surface area (Å²) < 4.78 is 11.2. The minimum absolute atomic E-state index is 0.225. The molecule has 1 heterocycles. The molecule has 0 spiro atoms. The molecule has 1 aliphatic heterocycles. The van der Waals surface area contributed by atoms with Crippen LogP contribution in [0.15, 0.2) is 18.2 Å². The van der Waals surface area contributed by atoms with Gasteiger partial charge in [-0.15, -0.1) is 0 Å². The standard InChI is InChI=1S/C14H19NO4/c16-14(17)4-1-2-7-15-11-5-6-12-13(10-11)19-9-3-8-18-12/h5-6,10,15H,1-4,7-9H2,(H,16,17). The lowest BCUT2D eigenvalue weighted by atomic mass is 10.2. The predicted octanol–water partition coefficient (Wildman–Crippen LogP) is 2.51. The Hall–Kier alpha value is -1.91. The molecule has 104 valence electrons. The molecule has 0 aromatic heterocycles. The molecule has 0 amide bonds. The molecule has 5 heteroatoms. The third kappa shape index (κ3) is 4.35. The Kier molecular flexibility index (Phi) is 4.89. The Morgan fingerprint density at radius 2 is 2.00 bits per heavy atom. The van der Waals surface area contributed by atoms with Crippen LogP contribution in [0.5, 0.6) is 11.5 Å². The Balaban J connectivity index is 1.81. The Bertz CT molecular complexity index is 433. The second-order valence-electron chi connectivity index (χ2n) is 4.49. The number of hydrogen-bond donors (Lipinski definition) is 2. The molecule has 0 radical (unpaired) electrons. The first-order chi connectivity index (χ1) is 9.25. The van der Waals surface area contributed by atoms with Gasteiger partial charge in [0.05, 0.1) is 13.2 Å². The molecule has 0 fully saturated rings. The van der Waals surface area contributed by atoms with Crippen molar-refractivity contribution in [3.63, 3.8) is 0 Å². The maximum Gasteiger partial charge on any atom is 0.303 e. The summed E-state index contributed by atoms with van der Waals surface area (Å²) in [7, 11) is 0. The minimum Gasteiger partial charge on any atom is -0.490 e. The van der Waals surface area contributed by atoms with Crippen molar-refractivity contribution in [2.24, 2.45) is 0 Å². The maximum absolute atomic E-state index is 10.4. The van der Waals surface area contributed by atoms with Gasteiger partial charge >= 0.3 is 5.97 Å². The summed E-state index contributed by atoms with van der Waals surface area (Å²) in [5, 5.41) is 11.8. The molecule has 0 bridgehead atoms. The SMILES string of the molecule is O=C(O)CCCCNc1ccc2c(c1)OCCCO2. The van der Waals surface area contributed by atoms with Gasteiger partial charge in [-0.2, -0.15) is 0 Å². The fourth-order valence-electron chi connectivity index (χ4n) is 1.91. The van der Waals surface area contributed by atoms with Gasteiger partial charge in [-0.05, 0) is 25.0 Å². The van der Waals surface area contributed by atoms with Crippen LogP contribution >= 0.6 is 0 Å². The quantitative estimate of drug-likeness (QED) is 0.773. The number of anilines is 1. The smallest absolute Gasteiger partial charge is 0.303 e. The van der Waals surface area contributed by atoms with Crippen molar-refractivity contribution in [2.75, 3.05) is 25.1 Å². The van der Waals surface area contributed by atoms with Gasteiger partial charge in [0.15, 0.2) is 11.5 Å². The lowest BCUT2D eigenvalue weighted by molar-refractivity contribution is -0.137. The number of carbonyl (C=O) groups is 1. The highest BCUT2D eigenvalue weighted by Crippen LogP contribution is 2.32. The number of fused-ring (bicyclic) bond motifs is 1. The van der Waals surface area contributed by atoms with Gasteiger partial charge in [-0.25, -0.2) is 0 Å². The van der Waals surface area contributed by atoms with Crippen LogP contribution in [-0.2, 0) is 4.79 Å². The van der Waals surface area contributed by atoms with Crippen LogP contribution < -0.4 is 14.8 Å². The monoisotopic (exact) mass is 265 g/mol. The second kappa shape index (κ2) is 6.87. The molecule has 0 saturated heterocycles. The second-order valence-corrected chi connectivity index (χ2v) is 4.49. The van der Waals surface area contributed by atoms with Crippen molar-refractivity contribution in [1.29, 1.82) is 0 Å². The largest absolute Gasteiger partial charge is 0.490 e. The summed E-state index contributed by atoms with van der Waals surface area (Å²) in [6.45, 7) is 2.12. The minimum atomic E-state index is -0.740. The van der Waals surface area contributed by atoms with E-state index in [9.17, 15) is 4.79 Å². The molecule has 0 saturated carbocycles. The van der Waals surface area contributed by atoms with E-state index in [1.807, 2.05) is 18.2 Å². The number of unbranched alkanes of at least 4 members (excludes halogenated alkanes) is 1. The van der Waals surface area contributed by atoms with E-state index in [4.69, 9.17) is 14.6 Å². The summed E-state index contributed by atoms with van der Waals surface area (Å²) in [4.78, 5) is 10.4. The fraction of sp³-hybridized carbons (Fsp3) is 0.500. The predicted molar refractivity (Wildman–Crippen MR) is 72.0 cm³/mol. The first-order valence-corrected chi connectivity index (χ1v) is 6.61. The van der Waals surface area contributed by atoms with E-state index in [0.717, 1.165) is 36.6 Å². The number of aliphatic carboxylic acids is 1. The van der Waals surface area contributed by atoms with Gasteiger partial charge in [0.1, 0.15) is 0 Å². The molecule has 2 N–H and O–H groups in total. The van der Waals surface area contributed by atoms with Crippen LogP contribution in [-0.4, -0.2) is 30.8 Å². The van der Waals surface area contributed by atoms with Gasteiger partial charge in [0.2, 0.25) is 0 Å². The molecule has 0 atom stereocenters. The average Bonchev–Trinajstić information content (AvgIpc) is 2.62. The Labute approximate surface area is 112 Å². The maximum atomic E-state index is 10.4. The fourth-order valence-corrected chi connectivity index (χ4v) is 1.91. The zero-order valence-electron chi connectivity index (χ0n) is 10.9. The highest BCUT2D eigenvalue weighted by atomic mass is 16.5. The normalized spacial score (nSPS) is 13.7. The Morgan fingerprint density at radius 1 is 1.21 bits per heavy atom. The van der Waals surface area contributed by atoms with Gasteiger partial charge < -0.3 is 19.9 Å². The van der Waals surface area contributed by atoms with Crippen LogP contribution in [0.3, 0.4) is 0 Å². The summed E-state index contributed by atoms with van der Waals surface area (Å²) in [5.41, 5.74) is 0.972. The van der Waals surface area contributed by atoms with Crippen LogP contribution in [0.25, 0.3) is 0 Å². The first kappa shape index (κ1) is 13.5. The molecule has 1 aromatic rings. The zero-order valence-corrected chi connectivity index (χ0v) is 10.9. The molecule has 19 heavy (non-hydrogen) atoms. The molecule has 5 nitrogen and oxygen atoms in total. The number of nitrogens with one attached hydrogen (secondary N) is 1. The molecular formula is C14H19NO4. The third-order valence-corrected chi connectivity index (χ3v) is 2.89. The highest BCUT2D eigenvalue weighted by Gasteiger charge is 2.10. The van der Waals surface area contributed by atoms with Crippen molar-refractivity contribution in [1.82, 2.24) is 0 Å². The van der Waals surface area contributed by atoms with Gasteiger partial charge in [-0.3, -0.25) is 4.79 Å². The number of carboxylic acids is 1. The molecule has 1 aromatic carbocycles. The van der Waals surface area contributed by atoms with Gasteiger partial charge in [0, 0.05) is 31.1 Å². The number of ether oxygens (including phenoxy) is 2. The lowest BCUT2D eigenvalue weighted by Gasteiger charge is -2.10. The van der Waals surface area contributed by atoms with E-state index in [2.05, 4.69) is 5.32 Å². The van der Waals surface area contributed by atoms with Gasteiger partial charge in [0.25, 0.3) is 0 Å². The summed E-state index contributed by atoms with van der Waals surface area (Å²) in [6, 6.07) is 5.78. The highest BCUT2D eigenvalue weighted by molar-refractivity contribution is 5.66. The molecule has 0 aliphatic carbocycles. The van der Waals surface area contributed by atoms with Crippen molar-refractivity contribution >= 4 is 11.7 Å². The summed E-state index contributed by atoms with van der Waals surface area (Å²) in [5.74, 6) is 0.817. The number of rotatable bonds is 6.